The van der Waals surface area contributed by atoms with Crippen LogP contribution in [0.3, 0.4) is 0 Å². The van der Waals surface area contributed by atoms with Crippen LogP contribution in [0.15, 0.2) is 24.3 Å². The van der Waals surface area contributed by atoms with E-state index in [1.807, 2.05) is 18.7 Å². The van der Waals surface area contributed by atoms with Gasteiger partial charge in [-0.2, -0.15) is 0 Å². The summed E-state index contributed by atoms with van der Waals surface area (Å²) in [7, 11) is 3.35. The molecule has 0 spiro atoms. The lowest BCUT2D eigenvalue weighted by Crippen LogP contribution is -2.38. The van der Waals surface area contributed by atoms with Gasteiger partial charge in [0.05, 0.1) is 22.4 Å². The highest BCUT2D eigenvalue weighted by Crippen LogP contribution is 2.37. The summed E-state index contributed by atoms with van der Waals surface area (Å²) in [5.74, 6) is -3.74. The monoisotopic (exact) mass is 594 g/mol. The van der Waals surface area contributed by atoms with E-state index in [9.17, 15) is 50.2 Å². The van der Waals surface area contributed by atoms with E-state index in [1.54, 1.807) is 25.9 Å². The van der Waals surface area contributed by atoms with Gasteiger partial charge in [-0.15, -0.1) is 24.8 Å². The fourth-order valence-electron chi connectivity index (χ4n) is 3.35. The number of phenols is 4. The first-order valence-electron chi connectivity index (χ1n) is 11.0. The third-order valence-electron chi connectivity index (χ3n) is 5.34. The van der Waals surface area contributed by atoms with Crippen LogP contribution in [-0.2, 0) is 0 Å². The molecule has 0 bridgehead atoms. The van der Waals surface area contributed by atoms with Gasteiger partial charge in [0.1, 0.15) is 0 Å². The number of carbonyl (C=O) groups is 2. The minimum atomic E-state index is -0.860. The number of likely N-dealkylation sites (N-methyl/N-ethyl adjacent to an activating group) is 2. The summed E-state index contributed by atoms with van der Waals surface area (Å²) in [6, 6.07) is 3.52. The van der Waals surface area contributed by atoms with E-state index in [2.05, 4.69) is 0 Å². The Kier molecular flexibility index (Phi) is 15.6. The number of benzene rings is 2. The Morgan fingerprint density at radius 3 is 1.56 bits per heavy atom. The molecule has 14 nitrogen and oxygen atoms in total. The quantitative estimate of drug-likeness (QED) is 0.135. The molecule has 1 unspecified atom stereocenters. The topological polar surface area (TPSA) is 208 Å². The minimum absolute atomic E-state index is 0. The standard InChI is InChI=1S/C13H18N2O5.C10H12N2O5.2ClH/c1-4-14(5-2)8(3)12(17)9-6-10(15(19)20)13(18)11(16)7-9;1-11(2)5-9(14)6-3-7(12(16)17)10(15)8(13)4-6;;/h6-8,16,18H,4-5H2,1-3H3;3-4,13,15H,5H2,1-2H3;2*1H. The van der Waals surface area contributed by atoms with Gasteiger partial charge in [0.15, 0.2) is 23.1 Å². The van der Waals surface area contributed by atoms with Crippen molar-refractivity contribution in [2.24, 2.45) is 0 Å². The third-order valence-corrected chi connectivity index (χ3v) is 5.34. The van der Waals surface area contributed by atoms with Crippen LogP contribution in [0.5, 0.6) is 23.0 Å². The van der Waals surface area contributed by atoms with E-state index in [0.29, 0.717) is 13.1 Å². The van der Waals surface area contributed by atoms with Crippen molar-refractivity contribution in [2.45, 2.75) is 26.8 Å². The maximum atomic E-state index is 12.3. The highest BCUT2D eigenvalue weighted by molar-refractivity contribution is 6.01. The molecule has 0 aliphatic rings. The number of nitro benzene ring substituents is 2. The van der Waals surface area contributed by atoms with Crippen LogP contribution >= 0.6 is 24.8 Å². The number of nitrogens with zero attached hydrogens (tertiary/aromatic N) is 4. The summed E-state index contributed by atoms with van der Waals surface area (Å²) < 4.78 is 0. The number of hydrogen-bond acceptors (Lipinski definition) is 12. The van der Waals surface area contributed by atoms with Gasteiger partial charge in [0.2, 0.25) is 11.5 Å². The number of halogens is 2. The van der Waals surface area contributed by atoms with E-state index in [1.165, 1.54) is 0 Å². The third kappa shape index (κ3) is 9.83. The normalized spacial score (nSPS) is 10.9. The van der Waals surface area contributed by atoms with Crippen molar-refractivity contribution in [2.75, 3.05) is 33.7 Å². The number of phenolic OH excluding ortho intramolecular Hbond substituents is 4. The van der Waals surface area contributed by atoms with Crippen LogP contribution in [0, 0.1) is 20.2 Å². The zero-order valence-electron chi connectivity index (χ0n) is 21.9. The lowest BCUT2D eigenvalue weighted by Gasteiger charge is -2.25. The molecule has 0 fully saturated rings. The first kappa shape index (κ1) is 37.4. The highest BCUT2D eigenvalue weighted by Gasteiger charge is 2.26. The van der Waals surface area contributed by atoms with Crippen molar-refractivity contribution < 1.29 is 39.9 Å². The summed E-state index contributed by atoms with van der Waals surface area (Å²) in [5, 5.41) is 58.8. The van der Waals surface area contributed by atoms with Gasteiger partial charge in [-0.1, -0.05) is 13.8 Å². The van der Waals surface area contributed by atoms with Crippen molar-refractivity contribution in [1.82, 2.24) is 9.80 Å². The Morgan fingerprint density at radius 1 is 0.821 bits per heavy atom. The first-order chi connectivity index (χ1) is 17.2. The van der Waals surface area contributed by atoms with Crippen LogP contribution in [0.4, 0.5) is 11.4 Å². The summed E-state index contributed by atoms with van der Waals surface area (Å²) in [6.07, 6.45) is 0. The number of Topliss-reactive ketones (excluding diaryl/α,β-unsaturated/α-hetero) is 2. The zero-order chi connectivity index (χ0) is 28.6. The Morgan fingerprint density at radius 2 is 1.21 bits per heavy atom. The SMILES string of the molecule is CCN(CC)C(C)C(=O)c1cc(O)c(O)c([N+](=O)[O-])c1.CN(C)CC(=O)c1cc(O)c(O)c([N+](=O)[O-])c1.Cl.Cl. The average molecular weight is 595 g/mol. The molecule has 16 heteroatoms. The second kappa shape index (κ2) is 16.3. The number of carbonyl (C=O) groups excluding carboxylic acids is 2. The Hall–Kier alpha value is -3.72. The predicted molar refractivity (Wildman–Crippen MR) is 147 cm³/mol. The molecule has 0 heterocycles. The Balaban J connectivity index is 0. The summed E-state index contributed by atoms with van der Waals surface area (Å²) in [6.45, 7) is 6.89. The van der Waals surface area contributed by atoms with Crippen molar-refractivity contribution in [3.05, 3.63) is 55.6 Å². The fraction of sp³-hybridized carbons (Fsp3) is 0.391. The van der Waals surface area contributed by atoms with Gasteiger partial charge in [0, 0.05) is 23.3 Å². The van der Waals surface area contributed by atoms with Crippen molar-refractivity contribution in [1.29, 1.82) is 0 Å². The highest BCUT2D eigenvalue weighted by atomic mass is 35.5. The van der Waals surface area contributed by atoms with Crippen LogP contribution < -0.4 is 0 Å². The zero-order valence-corrected chi connectivity index (χ0v) is 23.5. The molecule has 0 aromatic heterocycles. The smallest absolute Gasteiger partial charge is 0.315 e. The minimum Gasteiger partial charge on any atom is -0.504 e. The van der Waals surface area contributed by atoms with E-state index in [-0.39, 0.29) is 54.1 Å². The molecular formula is C23H32Cl2N4O10. The van der Waals surface area contributed by atoms with Crippen LogP contribution in [0.1, 0.15) is 41.5 Å². The Bertz CT molecular complexity index is 1190. The number of ketones is 2. The lowest BCUT2D eigenvalue weighted by molar-refractivity contribution is -0.386. The summed E-state index contributed by atoms with van der Waals surface area (Å²) in [5.41, 5.74) is -1.38. The largest absolute Gasteiger partial charge is 0.504 e. The molecule has 1 atom stereocenters. The van der Waals surface area contributed by atoms with Crippen LogP contribution in [0.2, 0.25) is 0 Å². The van der Waals surface area contributed by atoms with Gasteiger partial charge in [-0.05, 0) is 46.2 Å². The lowest BCUT2D eigenvalue weighted by atomic mass is 10.0. The first-order valence-corrected chi connectivity index (χ1v) is 11.0. The summed E-state index contributed by atoms with van der Waals surface area (Å²) >= 11 is 0. The molecule has 0 amide bonds. The molecule has 218 valence electrons. The molecule has 2 aromatic rings. The molecule has 0 saturated heterocycles. The van der Waals surface area contributed by atoms with Crippen molar-refractivity contribution in [3.63, 3.8) is 0 Å². The van der Waals surface area contributed by atoms with Crippen molar-refractivity contribution in [3.8, 4) is 23.0 Å². The number of nitro groups is 2. The second-order valence-electron chi connectivity index (χ2n) is 8.16. The van der Waals surface area contributed by atoms with Gasteiger partial charge in [-0.3, -0.25) is 34.7 Å². The molecule has 39 heavy (non-hydrogen) atoms. The molecule has 0 saturated carbocycles. The van der Waals surface area contributed by atoms with E-state index >= 15 is 0 Å². The van der Waals surface area contributed by atoms with Crippen molar-refractivity contribution >= 4 is 47.8 Å². The van der Waals surface area contributed by atoms with Gasteiger partial charge >= 0.3 is 11.4 Å². The number of hydrogen-bond donors (Lipinski definition) is 4. The summed E-state index contributed by atoms with van der Waals surface area (Å²) in [4.78, 5) is 47.1. The van der Waals surface area contributed by atoms with Crippen LogP contribution in [0.25, 0.3) is 0 Å². The molecule has 0 aliphatic carbocycles. The van der Waals surface area contributed by atoms with E-state index in [4.69, 9.17) is 0 Å². The van der Waals surface area contributed by atoms with E-state index in [0.717, 1.165) is 24.3 Å². The predicted octanol–water partition coefficient (Wildman–Crippen LogP) is 3.51. The van der Waals surface area contributed by atoms with Crippen LogP contribution in [-0.4, -0.2) is 91.4 Å². The second-order valence-corrected chi connectivity index (χ2v) is 8.16. The Labute approximate surface area is 236 Å². The molecule has 0 aliphatic heterocycles. The van der Waals surface area contributed by atoms with Gasteiger partial charge in [-0.25, -0.2) is 0 Å². The van der Waals surface area contributed by atoms with Gasteiger partial charge in [0.25, 0.3) is 0 Å². The average Bonchev–Trinajstić information content (AvgIpc) is 2.82. The maximum absolute atomic E-state index is 12.3. The molecule has 2 rings (SSSR count). The fourth-order valence-corrected chi connectivity index (χ4v) is 3.35. The molecule has 4 N–H and O–H groups in total. The number of rotatable bonds is 10. The maximum Gasteiger partial charge on any atom is 0.315 e. The molecule has 0 radical (unpaired) electrons. The molecular weight excluding hydrogens is 563 g/mol. The van der Waals surface area contributed by atoms with Gasteiger partial charge < -0.3 is 25.3 Å². The number of aromatic hydroxyl groups is 4. The molecule has 2 aromatic carbocycles. The van der Waals surface area contributed by atoms with E-state index < -0.39 is 50.3 Å².